The van der Waals surface area contributed by atoms with Gasteiger partial charge < -0.3 is 5.73 Å². The van der Waals surface area contributed by atoms with Crippen molar-refractivity contribution >= 4 is 40.0 Å². The van der Waals surface area contributed by atoms with E-state index in [0.29, 0.717) is 22.0 Å². The van der Waals surface area contributed by atoms with Crippen LogP contribution < -0.4 is 5.73 Å². The van der Waals surface area contributed by atoms with Crippen LogP contribution in [0.3, 0.4) is 0 Å². The van der Waals surface area contributed by atoms with Crippen LogP contribution >= 0.6 is 34.2 Å². The van der Waals surface area contributed by atoms with E-state index in [4.69, 9.17) is 17.3 Å². The summed E-state index contributed by atoms with van der Waals surface area (Å²) in [6, 6.07) is 12.1. The largest absolute Gasteiger partial charge is 0.382 e. The first kappa shape index (κ1) is 14.3. The fourth-order valence-corrected chi connectivity index (χ4v) is 2.77. The fraction of sp³-hybridized carbons (Fsp3) is 0. The summed E-state index contributed by atoms with van der Waals surface area (Å²) < 4.78 is 14.3. The Labute approximate surface area is 139 Å². The highest BCUT2D eigenvalue weighted by Gasteiger charge is 2.17. The molecule has 0 aliphatic carbocycles. The molecule has 3 aromatic rings. The number of hydrogen-bond acceptors (Lipinski definition) is 2. The van der Waals surface area contributed by atoms with E-state index in [1.807, 2.05) is 24.3 Å². The summed E-state index contributed by atoms with van der Waals surface area (Å²) in [4.78, 5) is 0. The van der Waals surface area contributed by atoms with Gasteiger partial charge in [-0.05, 0) is 52.9 Å². The van der Waals surface area contributed by atoms with Crippen molar-refractivity contribution in [3.63, 3.8) is 0 Å². The van der Waals surface area contributed by atoms with E-state index in [9.17, 15) is 4.39 Å². The van der Waals surface area contributed by atoms with Crippen molar-refractivity contribution in [1.82, 2.24) is 10.2 Å². The average molecular weight is 414 g/mol. The normalized spacial score (nSPS) is 10.8. The second kappa shape index (κ2) is 5.65. The number of nitrogen functional groups attached to an aromatic ring is 1. The van der Waals surface area contributed by atoms with Crippen LogP contribution in [0.15, 0.2) is 42.5 Å². The Kier molecular flexibility index (Phi) is 3.86. The van der Waals surface area contributed by atoms with Gasteiger partial charge in [0.25, 0.3) is 0 Å². The number of rotatable bonds is 2. The highest BCUT2D eigenvalue weighted by Crippen LogP contribution is 2.38. The highest BCUT2D eigenvalue weighted by atomic mass is 127. The second-order valence-corrected chi connectivity index (χ2v) is 6.14. The third kappa shape index (κ3) is 2.75. The second-order valence-electron chi connectivity index (χ2n) is 4.49. The first-order valence-corrected chi connectivity index (χ1v) is 7.57. The van der Waals surface area contributed by atoms with Gasteiger partial charge in [0.1, 0.15) is 5.82 Å². The number of anilines is 1. The minimum Gasteiger partial charge on any atom is -0.382 e. The Hall–Kier alpha value is -1.60. The van der Waals surface area contributed by atoms with Crippen LogP contribution in [0, 0.1) is 9.39 Å². The van der Waals surface area contributed by atoms with E-state index in [2.05, 4.69) is 32.8 Å². The van der Waals surface area contributed by atoms with Crippen LogP contribution in [0.4, 0.5) is 10.2 Å². The summed E-state index contributed by atoms with van der Waals surface area (Å²) in [6.07, 6.45) is 0. The number of nitrogens with zero attached hydrogens (tertiary/aromatic N) is 1. The number of nitrogens with one attached hydrogen (secondary N) is 1. The number of H-pyrrole nitrogens is 1. The molecule has 0 bridgehead atoms. The SMILES string of the molecule is Nc1n[nH]c(-c2ccc(I)cc2)c1-c1ccc(F)cc1Cl. The smallest absolute Gasteiger partial charge is 0.153 e. The maximum absolute atomic E-state index is 13.2. The number of nitrogens with two attached hydrogens (primary N) is 1. The van der Waals surface area contributed by atoms with Gasteiger partial charge in [0.05, 0.1) is 16.3 Å². The number of hydrogen-bond donors (Lipinski definition) is 2. The Morgan fingerprint density at radius 1 is 1.14 bits per heavy atom. The van der Waals surface area contributed by atoms with Gasteiger partial charge in [-0.25, -0.2) is 4.39 Å². The van der Waals surface area contributed by atoms with Crippen LogP contribution in [0.25, 0.3) is 22.4 Å². The van der Waals surface area contributed by atoms with Gasteiger partial charge in [0, 0.05) is 14.7 Å². The molecular weight excluding hydrogens is 404 g/mol. The molecule has 0 atom stereocenters. The summed E-state index contributed by atoms with van der Waals surface area (Å²) in [5, 5.41) is 7.27. The summed E-state index contributed by atoms with van der Waals surface area (Å²) in [5.41, 5.74) is 8.99. The lowest BCUT2D eigenvalue weighted by Crippen LogP contribution is -1.90. The number of aromatic amines is 1. The number of benzene rings is 2. The van der Waals surface area contributed by atoms with Gasteiger partial charge in [-0.3, -0.25) is 5.10 Å². The lowest BCUT2D eigenvalue weighted by Gasteiger charge is -2.07. The topological polar surface area (TPSA) is 54.7 Å². The first-order valence-electron chi connectivity index (χ1n) is 6.11. The Morgan fingerprint density at radius 2 is 1.86 bits per heavy atom. The molecule has 21 heavy (non-hydrogen) atoms. The molecule has 0 aliphatic heterocycles. The molecule has 106 valence electrons. The van der Waals surface area contributed by atoms with E-state index in [0.717, 1.165) is 14.8 Å². The van der Waals surface area contributed by atoms with Crippen molar-refractivity contribution < 1.29 is 4.39 Å². The zero-order valence-electron chi connectivity index (χ0n) is 10.7. The molecule has 0 saturated carbocycles. The molecule has 3 N–H and O–H groups in total. The molecule has 0 spiro atoms. The minimum atomic E-state index is -0.387. The van der Waals surface area contributed by atoms with Gasteiger partial charge in [0.15, 0.2) is 5.82 Å². The van der Waals surface area contributed by atoms with Crippen LogP contribution in [0.2, 0.25) is 5.02 Å². The van der Waals surface area contributed by atoms with Gasteiger partial charge in [-0.15, -0.1) is 0 Å². The van der Waals surface area contributed by atoms with Crippen molar-refractivity contribution in [3.8, 4) is 22.4 Å². The zero-order chi connectivity index (χ0) is 15.0. The predicted molar refractivity (Wildman–Crippen MR) is 91.6 cm³/mol. The first-order chi connectivity index (χ1) is 10.1. The molecule has 2 aromatic carbocycles. The van der Waals surface area contributed by atoms with Crippen molar-refractivity contribution in [3.05, 3.63) is 56.9 Å². The van der Waals surface area contributed by atoms with Crippen LogP contribution in [0.5, 0.6) is 0 Å². The number of halogens is 3. The molecule has 0 fully saturated rings. The lowest BCUT2D eigenvalue weighted by molar-refractivity contribution is 0.628. The van der Waals surface area contributed by atoms with Gasteiger partial charge in [-0.2, -0.15) is 5.10 Å². The molecule has 6 heteroatoms. The summed E-state index contributed by atoms with van der Waals surface area (Å²) in [7, 11) is 0. The molecule has 1 aromatic heterocycles. The molecular formula is C15H10ClFIN3. The highest BCUT2D eigenvalue weighted by molar-refractivity contribution is 14.1. The van der Waals surface area contributed by atoms with E-state index in [1.54, 1.807) is 6.07 Å². The van der Waals surface area contributed by atoms with Crippen LogP contribution in [-0.4, -0.2) is 10.2 Å². The van der Waals surface area contributed by atoms with Crippen molar-refractivity contribution in [2.45, 2.75) is 0 Å². The Morgan fingerprint density at radius 3 is 2.52 bits per heavy atom. The quantitative estimate of drug-likeness (QED) is 0.597. The molecule has 0 unspecified atom stereocenters. The summed E-state index contributed by atoms with van der Waals surface area (Å²) >= 11 is 8.38. The maximum atomic E-state index is 13.2. The summed E-state index contributed by atoms with van der Waals surface area (Å²) in [5.74, 6) is -0.0568. The summed E-state index contributed by atoms with van der Waals surface area (Å²) in [6.45, 7) is 0. The van der Waals surface area contributed by atoms with Gasteiger partial charge >= 0.3 is 0 Å². The number of aromatic nitrogens is 2. The van der Waals surface area contributed by atoms with E-state index >= 15 is 0 Å². The molecule has 1 heterocycles. The third-order valence-corrected chi connectivity index (χ3v) is 4.16. The molecule has 3 nitrogen and oxygen atoms in total. The van der Waals surface area contributed by atoms with Gasteiger partial charge in [-0.1, -0.05) is 23.7 Å². The van der Waals surface area contributed by atoms with Crippen LogP contribution in [-0.2, 0) is 0 Å². The van der Waals surface area contributed by atoms with Gasteiger partial charge in [0.2, 0.25) is 0 Å². The molecule has 0 amide bonds. The Bertz CT molecular complexity index is 799. The molecule has 0 radical (unpaired) electrons. The molecule has 3 rings (SSSR count). The lowest BCUT2D eigenvalue weighted by atomic mass is 10.0. The van der Waals surface area contributed by atoms with Crippen LogP contribution in [0.1, 0.15) is 0 Å². The van der Waals surface area contributed by atoms with E-state index in [-0.39, 0.29) is 5.82 Å². The van der Waals surface area contributed by atoms with E-state index in [1.165, 1.54) is 12.1 Å². The third-order valence-electron chi connectivity index (χ3n) is 3.13. The standard InChI is InChI=1S/C15H10ClFIN3/c16-12-7-9(17)3-6-11(12)13-14(20-21-15(13)19)8-1-4-10(18)5-2-8/h1-7H,(H3,19,20,21). The monoisotopic (exact) mass is 413 g/mol. The minimum absolute atomic E-state index is 0.301. The van der Waals surface area contributed by atoms with Crippen molar-refractivity contribution in [2.24, 2.45) is 0 Å². The average Bonchev–Trinajstić information content (AvgIpc) is 2.82. The van der Waals surface area contributed by atoms with E-state index < -0.39 is 0 Å². The zero-order valence-corrected chi connectivity index (χ0v) is 13.6. The fourth-order valence-electron chi connectivity index (χ4n) is 2.15. The van der Waals surface area contributed by atoms with Crippen molar-refractivity contribution in [1.29, 1.82) is 0 Å². The predicted octanol–water partition coefficient (Wildman–Crippen LogP) is 4.72. The van der Waals surface area contributed by atoms with Crippen molar-refractivity contribution in [2.75, 3.05) is 5.73 Å². The molecule has 0 saturated heterocycles. The Balaban J connectivity index is 2.19. The maximum Gasteiger partial charge on any atom is 0.153 e. The molecule has 0 aliphatic rings.